The Kier molecular flexibility index (Phi) is 5.52. The van der Waals surface area contributed by atoms with E-state index in [0.29, 0.717) is 17.1 Å². The number of nitrogens with zero attached hydrogens (tertiary/aromatic N) is 3. The fourth-order valence-electron chi connectivity index (χ4n) is 2.41. The van der Waals surface area contributed by atoms with Crippen molar-refractivity contribution in [2.45, 2.75) is 33.2 Å². The van der Waals surface area contributed by atoms with E-state index < -0.39 is 22.8 Å². The molecule has 0 fully saturated rings. The molecule has 0 aromatic carbocycles. The van der Waals surface area contributed by atoms with Gasteiger partial charge in [0.1, 0.15) is 5.00 Å². The average Bonchev–Trinajstić information content (AvgIpc) is 3.11. The minimum Gasteiger partial charge on any atom is -0.465 e. The van der Waals surface area contributed by atoms with Gasteiger partial charge >= 0.3 is 11.8 Å². The van der Waals surface area contributed by atoms with Crippen molar-refractivity contribution in [2.75, 3.05) is 12.4 Å². The number of ether oxygens (including phenoxy) is 1. The Labute approximate surface area is 147 Å². The lowest BCUT2D eigenvalue weighted by Crippen LogP contribution is -2.27. The molecule has 1 unspecified atom stereocenters. The summed E-state index contributed by atoms with van der Waals surface area (Å²) in [5.41, 5.74) is 0.778. The molecule has 0 saturated carbocycles. The minimum atomic E-state index is -0.735. The summed E-state index contributed by atoms with van der Waals surface area (Å²) in [5.74, 6) is -1.26. The number of carbonyl (C=O) groups is 2. The Hall–Kier alpha value is -2.75. The first kappa shape index (κ1) is 18.6. The number of amides is 1. The van der Waals surface area contributed by atoms with Crippen LogP contribution in [0.5, 0.6) is 0 Å². The van der Waals surface area contributed by atoms with Gasteiger partial charge in [-0.05, 0) is 31.3 Å². The molecule has 2 aromatic heterocycles. The van der Waals surface area contributed by atoms with Crippen molar-refractivity contribution in [1.82, 2.24) is 9.78 Å². The molecule has 1 atom stereocenters. The predicted octanol–water partition coefficient (Wildman–Crippen LogP) is 2.85. The van der Waals surface area contributed by atoms with E-state index in [9.17, 15) is 19.7 Å². The van der Waals surface area contributed by atoms with E-state index in [1.165, 1.54) is 29.2 Å². The van der Waals surface area contributed by atoms with Crippen LogP contribution in [0, 0.1) is 24.0 Å². The summed E-state index contributed by atoms with van der Waals surface area (Å²) >= 11 is 1.25. The first-order valence-corrected chi connectivity index (χ1v) is 8.30. The van der Waals surface area contributed by atoms with Crippen LogP contribution in [0.25, 0.3) is 0 Å². The van der Waals surface area contributed by atoms with E-state index in [0.717, 1.165) is 4.88 Å². The first-order chi connectivity index (χ1) is 11.8. The second-order valence-electron chi connectivity index (χ2n) is 5.35. The number of methoxy groups -OCH3 is 1. The number of nitrogens with one attached hydrogen (secondary N) is 1. The summed E-state index contributed by atoms with van der Waals surface area (Å²) in [6.07, 6.45) is 0.378. The number of hydrogen-bond donors (Lipinski definition) is 1. The molecule has 2 heterocycles. The van der Waals surface area contributed by atoms with Crippen LogP contribution in [0.4, 0.5) is 10.8 Å². The highest BCUT2D eigenvalue weighted by Gasteiger charge is 2.28. The Balaban J connectivity index is 2.30. The molecule has 1 N–H and O–H groups in total. The van der Waals surface area contributed by atoms with Crippen molar-refractivity contribution >= 4 is 34.0 Å². The van der Waals surface area contributed by atoms with Gasteiger partial charge in [-0.2, -0.15) is 4.68 Å². The van der Waals surface area contributed by atoms with Gasteiger partial charge in [0.05, 0.1) is 29.5 Å². The van der Waals surface area contributed by atoms with Crippen LogP contribution in [-0.4, -0.2) is 33.7 Å². The van der Waals surface area contributed by atoms with Gasteiger partial charge < -0.3 is 20.2 Å². The number of carbonyl (C=O) groups excluding carboxylic acids is 2. The molecule has 0 aliphatic carbocycles. The van der Waals surface area contributed by atoms with Crippen LogP contribution in [0.1, 0.15) is 40.3 Å². The van der Waals surface area contributed by atoms with E-state index in [2.05, 4.69) is 10.4 Å². The van der Waals surface area contributed by atoms with Gasteiger partial charge in [0.25, 0.3) is 5.91 Å². The maximum absolute atomic E-state index is 12.7. The van der Waals surface area contributed by atoms with Crippen LogP contribution < -0.4 is 5.32 Å². The molecule has 0 bridgehead atoms. The van der Waals surface area contributed by atoms with Gasteiger partial charge in [-0.3, -0.25) is 4.79 Å². The Bertz CT molecular complexity index is 826. The van der Waals surface area contributed by atoms with Crippen molar-refractivity contribution in [2.24, 2.45) is 0 Å². The van der Waals surface area contributed by atoms with Gasteiger partial charge in [-0.1, -0.05) is 6.92 Å². The van der Waals surface area contributed by atoms with Crippen molar-refractivity contribution in [3.63, 3.8) is 0 Å². The predicted molar refractivity (Wildman–Crippen MR) is 92.0 cm³/mol. The number of hydrogen-bond acceptors (Lipinski definition) is 7. The maximum Gasteiger partial charge on any atom is 0.390 e. The fraction of sp³-hybridized carbons (Fsp3) is 0.400. The van der Waals surface area contributed by atoms with Crippen LogP contribution in [0.15, 0.2) is 12.1 Å². The number of anilines is 1. The molecule has 0 spiro atoms. The monoisotopic (exact) mass is 366 g/mol. The number of thiophene rings is 1. The van der Waals surface area contributed by atoms with E-state index in [1.54, 1.807) is 19.9 Å². The zero-order valence-electron chi connectivity index (χ0n) is 14.2. The highest BCUT2D eigenvalue weighted by molar-refractivity contribution is 7.16. The van der Waals surface area contributed by atoms with Gasteiger partial charge in [0, 0.05) is 4.88 Å². The molecule has 10 heteroatoms. The van der Waals surface area contributed by atoms with Crippen LogP contribution in [0.2, 0.25) is 0 Å². The van der Waals surface area contributed by atoms with Crippen LogP contribution >= 0.6 is 11.3 Å². The molecule has 2 aromatic rings. The molecule has 0 saturated heterocycles. The largest absolute Gasteiger partial charge is 0.465 e. The van der Waals surface area contributed by atoms with Crippen molar-refractivity contribution < 1.29 is 19.2 Å². The third-order valence-corrected chi connectivity index (χ3v) is 4.54. The molecule has 1 amide bonds. The number of nitro groups is 1. The molecule has 0 radical (unpaired) electrons. The van der Waals surface area contributed by atoms with E-state index >= 15 is 0 Å². The summed E-state index contributed by atoms with van der Waals surface area (Å²) in [6, 6.07) is 2.21. The Morgan fingerprint density at radius 2 is 2.12 bits per heavy atom. The maximum atomic E-state index is 12.7. The summed E-state index contributed by atoms with van der Waals surface area (Å²) < 4.78 is 6.04. The van der Waals surface area contributed by atoms with Crippen LogP contribution in [-0.2, 0) is 9.53 Å². The normalized spacial score (nSPS) is 11.8. The summed E-state index contributed by atoms with van der Waals surface area (Å²) in [5, 5.41) is 17.9. The summed E-state index contributed by atoms with van der Waals surface area (Å²) in [6.45, 7) is 5.23. The highest BCUT2D eigenvalue weighted by atomic mass is 32.1. The molecule has 25 heavy (non-hydrogen) atoms. The van der Waals surface area contributed by atoms with Crippen molar-refractivity contribution in [3.05, 3.63) is 38.4 Å². The topological polar surface area (TPSA) is 116 Å². The standard InChI is InChI=1S/C15H18N4O5S/c1-5-11(18-8(2)6-12(17-18)19(22)23)13(20)16-14-10(15(21)24-4)7-9(3)25-14/h6-7,11H,5H2,1-4H3,(H,16,20). The number of aromatic nitrogens is 2. The lowest BCUT2D eigenvalue weighted by molar-refractivity contribution is -0.389. The van der Waals surface area contributed by atoms with Gasteiger partial charge in [0.15, 0.2) is 6.04 Å². The summed E-state index contributed by atoms with van der Waals surface area (Å²) in [4.78, 5) is 35.6. The van der Waals surface area contributed by atoms with E-state index in [1.807, 2.05) is 6.92 Å². The van der Waals surface area contributed by atoms with Gasteiger partial charge in [0.2, 0.25) is 0 Å². The van der Waals surface area contributed by atoms with E-state index in [4.69, 9.17) is 4.74 Å². The zero-order valence-corrected chi connectivity index (χ0v) is 15.0. The molecular weight excluding hydrogens is 348 g/mol. The first-order valence-electron chi connectivity index (χ1n) is 7.48. The lowest BCUT2D eigenvalue weighted by Gasteiger charge is -2.14. The third kappa shape index (κ3) is 3.85. The Morgan fingerprint density at radius 1 is 1.44 bits per heavy atom. The fourth-order valence-corrected chi connectivity index (χ4v) is 3.31. The van der Waals surface area contributed by atoms with Gasteiger partial charge in [-0.15, -0.1) is 11.3 Å². The van der Waals surface area contributed by atoms with Crippen molar-refractivity contribution in [3.8, 4) is 0 Å². The molecular formula is C15H18N4O5S. The quantitative estimate of drug-likeness (QED) is 0.477. The second-order valence-corrected chi connectivity index (χ2v) is 6.61. The number of esters is 1. The average molecular weight is 366 g/mol. The smallest absolute Gasteiger partial charge is 0.390 e. The molecule has 2 rings (SSSR count). The van der Waals surface area contributed by atoms with Crippen molar-refractivity contribution in [1.29, 1.82) is 0 Å². The SMILES string of the molecule is CCC(C(=O)Nc1sc(C)cc1C(=O)OC)n1nc([N+](=O)[O-])cc1C. The third-order valence-electron chi connectivity index (χ3n) is 3.58. The minimum absolute atomic E-state index is 0.274. The molecule has 9 nitrogen and oxygen atoms in total. The van der Waals surface area contributed by atoms with Crippen LogP contribution in [0.3, 0.4) is 0 Å². The lowest BCUT2D eigenvalue weighted by atomic mass is 10.2. The molecule has 0 aliphatic heterocycles. The second kappa shape index (κ2) is 7.43. The highest BCUT2D eigenvalue weighted by Crippen LogP contribution is 2.29. The number of aryl methyl sites for hydroxylation is 2. The van der Waals surface area contributed by atoms with E-state index in [-0.39, 0.29) is 11.4 Å². The molecule has 0 aliphatic rings. The zero-order chi connectivity index (χ0) is 18.7. The Morgan fingerprint density at radius 3 is 2.64 bits per heavy atom. The number of rotatable bonds is 6. The molecule has 134 valence electrons. The summed E-state index contributed by atoms with van der Waals surface area (Å²) in [7, 11) is 1.27. The van der Waals surface area contributed by atoms with Gasteiger partial charge in [-0.25, -0.2) is 4.79 Å².